The van der Waals surface area contributed by atoms with Gasteiger partial charge in [0.05, 0.1) is 24.6 Å². The van der Waals surface area contributed by atoms with Crippen molar-refractivity contribution in [1.29, 1.82) is 0 Å². The molecule has 0 aromatic rings. The summed E-state index contributed by atoms with van der Waals surface area (Å²) in [6, 6.07) is 0. The van der Waals surface area contributed by atoms with E-state index in [0.717, 1.165) is 25.4 Å². The number of amides is 1. The molecular formula is C21H38N2O2S. The molecule has 2 rings (SSSR count). The summed E-state index contributed by atoms with van der Waals surface area (Å²) < 4.78 is 5.77. The van der Waals surface area contributed by atoms with Gasteiger partial charge in [0.15, 0.2) is 0 Å². The van der Waals surface area contributed by atoms with Crippen LogP contribution in [0.2, 0.25) is 0 Å². The Morgan fingerprint density at radius 1 is 1.04 bits per heavy atom. The number of ether oxygens (including phenoxy) is 1. The topological polar surface area (TPSA) is 32.8 Å². The molecular weight excluding hydrogens is 344 g/mol. The third-order valence-corrected chi connectivity index (χ3v) is 6.45. The summed E-state index contributed by atoms with van der Waals surface area (Å²) in [5, 5.41) is 0. The predicted octanol–water partition coefficient (Wildman–Crippen LogP) is 5.00. The number of hydrogen-bond acceptors (Lipinski definition) is 4. The van der Waals surface area contributed by atoms with Crippen LogP contribution in [0.25, 0.3) is 0 Å². The molecule has 0 saturated carbocycles. The largest absolute Gasteiger partial charge is 0.372 e. The standard InChI is InChI=1S/C21H38N2O2S/c1-5-7-9-11-19-20(12-10-8-6-2)26-16-23(19)15-21(24)22-13-17(3)25-18(4)14-22/h17-18H,5-16H2,1-4H3. The van der Waals surface area contributed by atoms with Crippen molar-refractivity contribution >= 4 is 17.7 Å². The van der Waals surface area contributed by atoms with Crippen LogP contribution >= 0.6 is 11.8 Å². The van der Waals surface area contributed by atoms with Crippen molar-refractivity contribution in [2.45, 2.75) is 91.3 Å². The van der Waals surface area contributed by atoms with Gasteiger partial charge in [0.2, 0.25) is 5.91 Å². The summed E-state index contributed by atoms with van der Waals surface area (Å²) in [6.45, 7) is 10.6. The number of thioether (sulfide) groups is 1. The molecule has 0 aromatic heterocycles. The van der Waals surface area contributed by atoms with E-state index in [0.29, 0.717) is 6.54 Å². The fourth-order valence-corrected chi connectivity index (χ4v) is 5.12. The van der Waals surface area contributed by atoms with E-state index in [9.17, 15) is 4.79 Å². The predicted molar refractivity (Wildman–Crippen MR) is 111 cm³/mol. The number of carbonyl (C=O) groups excluding carboxylic acids is 1. The van der Waals surface area contributed by atoms with Crippen molar-refractivity contribution < 1.29 is 9.53 Å². The van der Waals surface area contributed by atoms with Crippen LogP contribution in [0.15, 0.2) is 10.6 Å². The van der Waals surface area contributed by atoms with E-state index in [1.165, 1.54) is 50.6 Å². The molecule has 2 unspecified atom stereocenters. The monoisotopic (exact) mass is 382 g/mol. The summed E-state index contributed by atoms with van der Waals surface area (Å²) >= 11 is 1.97. The van der Waals surface area contributed by atoms with Crippen molar-refractivity contribution in [3.05, 3.63) is 10.6 Å². The van der Waals surface area contributed by atoms with Gasteiger partial charge < -0.3 is 14.5 Å². The highest BCUT2D eigenvalue weighted by Gasteiger charge is 2.29. The zero-order valence-corrected chi connectivity index (χ0v) is 18.1. The number of rotatable bonds is 10. The number of nitrogens with zero attached hydrogens (tertiary/aromatic N) is 2. The van der Waals surface area contributed by atoms with Crippen molar-refractivity contribution in [2.24, 2.45) is 0 Å². The Labute approximate surface area is 164 Å². The molecule has 1 saturated heterocycles. The highest BCUT2D eigenvalue weighted by Crippen LogP contribution is 2.38. The van der Waals surface area contributed by atoms with Crippen molar-refractivity contribution in [1.82, 2.24) is 9.80 Å². The number of unbranched alkanes of at least 4 members (excludes halogenated alkanes) is 4. The Balaban J connectivity index is 1.97. The van der Waals surface area contributed by atoms with Gasteiger partial charge in [-0.05, 0) is 39.5 Å². The van der Waals surface area contributed by atoms with Crippen LogP contribution in [-0.4, -0.2) is 53.4 Å². The third-order valence-electron chi connectivity index (χ3n) is 5.22. The third kappa shape index (κ3) is 6.49. The van der Waals surface area contributed by atoms with Gasteiger partial charge in [-0.25, -0.2) is 0 Å². The van der Waals surface area contributed by atoms with E-state index in [-0.39, 0.29) is 18.1 Å². The van der Waals surface area contributed by atoms with Gasteiger partial charge in [0.1, 0.15) is 0 Å². The van der Waals surface area contributed by atoms with Gasteiger partial charge in [-0.2, -0.15) is 0 Å². The molecule has 0 aliphatic carbocycles. The smallest absolute Gasteiger partial charge is 0.242 e. The second-order valence-electron chi connectivity index (χ2n) is 7.81. The van der Waals surface area contributed by atoms with E-state index >= 15 is 0 Å². The van der Waals surface area contributed by atoms with E-state index in [1.807, 2.05) is 16.7 Å². The second-order valence-corrected chi connectivity index (χ2v) is 8.85. The molecule has 2 aliphatic heterocycles. The zero-order chi connectivity index (χ0) is 18.9. The Bertz CT molecular complexity index is 471. The van der Waals surface area contributed by atoms with Crippen molar-refractivity contribution in [2.75, 3.05) is 25.5 Å². The summed E-state index contributed by atoms with van der Waals surface area (Å²) in [5.41, 5.74) is 1.46. The molecule has 26 heavy (non-hydrogen) atoms. The fraction of sp³-hybridized carbons (Fsp3) is 0.857. The van der Waals surface area contributed by atoms with Gasteiger partial charge in [-0.3, -0.25) is 4.79 Å². The van der Waals surface area contributed by atoms with Crippen LogP contribution in [-0.2, 0) is 9.53 Å². The van der Waals surface area contributed by atoms with E-state index < -0.39 is 0 Å². The first-order chi connectivity index (χ1) is 12.5. The lowest BCUT2D eigenvalue weighted by Crippen LogP contribution is -2.50. The first kappa shape index (κ1) is 21.6. The van der Waals surface area contributed by atoms with E-state index in [1.54, 1.807) is 4.91 Å². The number of hydrogen-bond donors (Lipinski definition) is 0. The molecule has 5 heteroatoms. The van der Waals surface area contributed by atoms with Crippen LogP contribution in [0.4, 0.5) is 0 Å². The second kappa shape index (κ2) is 11.2. The minimum atomic E-state index is 0.139. The molecule has 2 aliphatic rings. The van der Waals surface area contributed by atoms with Crippen LogP contribution in [0.5, 0.6) is 0 Å². The van der Waals surface area contributed by atoms with Crippen LogP contribution in [0.3, 0.4) is 0 Å². The van der Waals surface area contributed by atoms with Gasteiger partial charge in [-0.1, -0.05) is 39.5 Å². The minimum absolute atomic E-state index is 0.139. The minimum Gasteiger partial charge on any atom is -0.372 e. The summed E-state index contributed by atoms with van der Waals surface area (Å²) in [5.74, 6) is 1.21. The van der Waals surface area contributed by atoms with Gasteiger partial charge in [-0.15, -0.1) is 11.8 Å². The first-order valence-electron chi connectivity index (χ1n) is 10.6. The maximum atomic E-state index is 12.9. The van der Waals surface area contributed by atoms with Gasteiger partial charge in [0, 0.05) is 23.7 Å². The molecule has 4 nitrogen and oxygen atoms in total. The van der Waals surface area contributed by atoms with Crippen LogP contribution < -0.4 is 0 Å². The molecule has 2 heterocycles. The lowest BCUT2D eigenvalue weighted by atomic mass is 10.1. The Morgan fingerprint density at radius 3 is 2.27 bits per heavy atom. The quantitative estimate of drug-likeness (QED) is 0.498. The maximum Gasteiger partial charge on any atom is 0.242 e. The zero-order valence-electron chi connectivity index (χ0n) is 17.3. The molecule has 150 valence electrons. The maximum absolute atomic E-state index is 12.9. The van der Waals surface area contributed by atoms with Gasteiger partial charge in [0.25, 0.3) is 0 Å². The molecule has 0 spiro atoms. The highest BCUT2D eigenvalue weighted by atomic mass is 32.2. The Kier molecular flexibility index (Phi) is 9.34. The molecule has 0 bridgehead atoms. The number of carbonyl (C=O) groups is 1. The normalized spacial score (nSPS) is 23.8. The molecule has 0 aromatic carbocycles. The summed E-state index contributed by atoms with van der Waals surface area (Å²) in [6.07, 6.45) is 10.2. The van der Waals surface area contributed by atoms with Crippen LogP contribution in [0, 0.1) is 0 Å². The molecule has 1 amide bonds. The Morgan fingerprint density at radius 2 is 1.65 bits per heavy atom. The van der Waals surface area contributed by atoms with Gasteiger partial charge >= 0.3 is 0 Å². The average Bonchev–Trinajstić information content (AvgIpc) is 2.96. The Hall–Kier alpha value is -0.680. The summed E-state index contributed by atoms with van der Waals surface area (Å²) in [7, 11) is 0. The lowest BCUT2D eigenvalue weighted by Gasteiger charge is -2.36. The van der Waals surface area contributed by atoms with Crippen molar-refractivity contribution in [3.8, 4) is 0 Å². The van der Waals surface area contributed by atoms with E-state index in [4.69, 9.17) is 4.74 Å². The SMILES string of the molecule is CCCCCC1=C(CCCCC)N(CC(=O)N2CC(C)OC(C)C2)CS1. The molecule has 1 fully saturated rings. The average molecular weight is 383 g/mol. The molecule has 2 atom stereocenters. The first-order valence-corrected chi connectivity index (χ1v) is 11.6. The van der Waals surface area contributed by atoms with E-state index in [2.05, 4.69) is 32.6 Å². The lowest BCUT2D eigenvalue weighted by molar-refractivity contribution is -0.143. The molecule has 0 N–H and O–H groups in total. The van der Waals surface area contributed by atoms with Crippen LogP contribution in [0.1, 0.15) is 79.1 Å². The fourth-order valence-electron chi connectivity index (χ4n) is 3.87. The highest BCUT2D eigenvalue weighted by molar-refractivity contribution is 8.03. The summed E-state index contributed by atoms with van der Waals surface area (Å²) in [4.78, 5) is 18.8. The number of allylic oxidation sites excluding steroid dienone is 2. The number of morpholine rings is 1. The van der Waals surface area contributed by atoms with Crippen molar-refractivity contribution in [3.63, 3.8) is 0 Å². The molecule has 0 radical (unpaired) electrons.